The minimum atomic E-state index is -0.169. The lowest BCUT2D eigenvalue weighted by atomic mass is 9.98. The second-order valence-electron chi connectivity index (χ2n) is 7.69. The molecule has 2 heterocycles. The van der Waals surface area contributed by atoms with Crippen molar-refractivity contribution in [2.24, 2.45) is 0 Å². The molecule has 0 spiro atoms. The number of esters is 1. The fraction of sp³-hybridized carbons (Fsp3) is 0.500. The van der Waals surface area contributed by atoms with E-state index in [-0.39, 0.29) is 23.9 Å². The number of benzene rings is 1. The lowest BCUT2D eigenvalue weighted by Gasteiger charge is -2.16. The lowest BCUT2D eigenvalue weighted by Crippen LogP contribution is -2.25. The van der Waals surface area contributed by atoms with Gasteiger partial charge < -0.3 is 4.74 Å². The van der Waals surface area contributed by atoms with Gasteiger partial charge in [0.25, 0.3) is 0 Å². The summed E-state index contributed by atoms with van der Waals surface area (Å²) < 4.78 is 5.66. The van der Waals surface area contributed by atoms with E-state index in [1.165, 1.54) is 5.56 Å². The van der Waals surface area contributed by atoms with Gasteiger partial charge in [-0.1, -0.05) is 51.1 Å². The van der Waals surface area contributed by atoms with Crippen molar-refractivity contribution in [2.75, 3.05) is 13.1 Å². The molecule has 1 aliphatic heterocycles. The van der Waals surface area contributed by atoms with E-state index in [2.05, 4.69) is 54.9 Å². The largest absolute Gasteiger partial charge is 0.461 e. The molecular weight excluding hydrogens is 332 g/mol. The second kappa shape index (κ2) is 7.67. The van der Waals surface area contributed by atoms with Gasteiger partial charge in [0.1, 0.15) is 6.10 Å². The first kappa shape index (κ1) is 18.1. The van der Waals surface area contributed by atoms with Crippen molar-refractivity contribution in [1.29, 1.82) is 0 Å². The third-order valence-electron chi connectivity index (χ3n) is 4.30. The first-order valence-electron chi connectivity index (χ1n) is 8.81. The van der Waals surface area contributed by atoms with E-state index in [1.54, 1.807) is 11.3 Å². The molecule has 2 aromatic rings. The van der Waals surface area contributed by atoms with E-state index in [1.807, 2.05) is 11.4 Å². The minimum Gasteiger partial charge on any atom is -0.461 e. The van der Waals surface area contributed by atoms with Gasteiger partial charge in [-0.25, -0.2) is 4.98 Å². The minimum absolute atomic E-state index is 0.00284. The summed E-state index contributed by atoms with van der Waals surface area (Å²) in [7, 11) is 0. The first-order chi connectivity index (χ1) is 11.9. The van der Waals surface area contributed by atoms with Crippen molar-refractivity contribution in [3.05, 3.63) is 52.0 Å². The van der Waals surface area contributed by atoms with Gasteiger partial charge in [0.05, 0.1) is 17.1 Å². The van der Waals surface area contributed by atoms with E-state index in [9.17, 15) is 4.79 Å². The van der Waals surface area contributed by atoms with Crippen LogP contribution in [0.3, 0.4) is 0 Å². The second-order valence-corrected chi connectivity index (χ2v) is 8.55. The van der Waals surface area contributed by atoms with Gasteiger partial charge in [0, 0.05) is 30.4 Å². The Labute approximate surface area is 153 Å². The molecule has 0 aliphatic carbocycles. The van der Waals surface area contributed by atoms with Gasteiger partial charge in [-0.3, -0.25) is 9.69 Å². The lowest BCUT2D eigenvalue weighted by molar-refractivity contribution is -0.147. The summed E-state index contributed by atoms with van der Waals surface area (Å²) in [4.78, 5) is 19.1. The third-order valence-corrected chi connectivity index (χ3v) is 5.61. The van der Waals surface area contributed by atoms with Crippen LogP contribution in [0.1, 0.15) is 43.5 Å². The molecule has 0 amide bonds. The molecule has 3 rings (SSSR count). The zero-order valence-corrected chi connectivity index (χ0v) is 16.0. The number of hydrogen-bond acceptors (Lipinski definition) is 5. The van der Waals surface area contributed by atoms with Crippen molar-refractivity contribution in [2.45, 2.75) is 51.7 Å². The fourth-order valence-electron chi connectivity index (χ4n) is 2.99. The predicted octanol–water partition coefficient (Wildman–Crippen LogP) is 3.80. The smallest absolute Gasteiger partial charge is 0.312 e. The Morgan fingerprint density at radius 1 is 1.32 bits per heavy atom. The van der Waals surface area contributed by atoms with E-state index in [0.717, 1.165) is 36.8 Å². The maximum atomic E-state index is 12.2. The highest BCUT2D eigenvalue weighted by molar-refractivity contribution is 7.09. The van der Waals surface area contributed by atoms with Crippen LogP contribution in [-0.4, -0.2) is 35.0 Å². The molecule has 0 radical (unpaired) electrons. The number of carbonyl (C=O) groups excluding carboxylic acids is 1. The van der Waals surface area contributed by atoms with Gasteiger partial charge in [-0.05, 0) is 12.0 Å². The Hall–Kier alpha value is -1.72. The molecule has 25 heavy (non-hydrogen) atoms. The van der Waals surface area contributed by atoms with Crippen LogP contribution in [0.5, 0.6) is 0 Å². The molecule has 0 saturated carbocycles. The zero-order chi connectivity index (χ0) is 17.9. The molecule has 0 unspecified atom stereocenters. The number of likely N-dealkylation sites (tertiary alicyclic amines) is 1. The Morgan fingerprint density at radius 3 is 2.76 bits per heavy atom. The number of nitrogens with zero attached hydrogens (tertiary/aromatic N) is 2. The first-order valence-corrected chi connectivity index (χ1v) is 9.69. The Bertz CT molecular complexity index is 706. The van der Waals surface area contributed by atoms with Crippen LogP contribution in [0.4, 0.5) is 0 Å². The quantitative estimate of drug-likeness (QED) is 0.763. The number of ether oxygens (including phenoxy) is 1. The maximum Gasteiger partial charge on any atom is 0.312 e. The molecule has 4 nitrogen and oxygen atoms in total. The van der Waals surface area contributed by atoms with Crippen molar-refractivity contribution in [3.8, 4) is 0 Å². The SMILES string of the molecule is CC(C)(C)c1nc(CC(=O)O[C@@H]2CCN(Cc3ccccc3)C2)cs1. The zero-order valence-electron chi connectivity index (χ0n) is 15.2. The average Bonchev–Trinajstić information content (AvgIpc) is 3.17. The number of hydrogen-bond donors (Lipinski definition) is 0. The van der Waals surface area contributed by atoms with E-state index < -0.39 is 0 Å². The van der Waals surface area contributed by atoms with Crippen LogP contribution in [0, 0.1) is 0 Å². The monoisotopic (exact) mass is 358 g/mol. The van der Waals surface area contributed by atoms with Gasteiger partial charge in [-0.15, -0.1) is 11.3 Å². The van der Waals surface area contributed by atoms with Crippen LogP contribution >= 0.6 is 11.3 Å². The molecule has 0 bridgehead atoms. The molecule has 1 aliphatic rings. The van der Waals surface area contributed by atoms with Crippen molar-refractivity contribution in [1.82, 2.24) is 9.88 Å². The molecule has 0 N–H and O–H groups in total. The van der Waals surface area contributed by atoms with Crippen LogP contribution in [-0.2, 0) is 27.9 Å². The molecule has 134 valence electrons. The van der Waals surface area contributed by atoms with E-state index in [0.29, 0.717) is 0 Å². The molecule has 5 heteroatoms. The standard InChI is InChI=1S/C20H26N2O2S/c1-20(2,3)19-21-16(14-25-19)11-18(23)24-17-9-10-22(13-17)12-15-7-5-4-6-8-15/h4-8,14,17H,9-13H2,1-3H3/t17-/m1/s1. The summed E-state index contributed by atoms with van der Waals surface area (Å²) in [6.07, 6.45) is 1.17. The van der Waals surface area contributed by atoms with E-state index >= 15 is 0 Å². The number of rotatable bonds is 5. The topological polar surface area (TPSA) is 42.4 Å². The van der Waals surface area contributed by atoms with Crippen LogP contribution < -0.4 is 0 Å². The predicted molar refractivity (Wildman–Crippen MR) is 101 cm³/mol. The Balaban J connectivity index is 1.46. The summed E-state index contributed by atoms with van der Waals surface area (Å²) in [6, 6.07) is 10.4. The fourth-order valence-corrected chi connectivity index (χ4v) is 3.89. The van der Waals surface area contributed by atoms with Crippen molar-refractivity contribution >= 4 is 17.3 Å². The summed E-state index contributed by atoms with van der Waals surface area (Å²) in [5, 5.41) is 3.03. The number of carbonyl (C=O) groups is 1. The van der Waals surface area contributed by atoms with Gasteiger partial charge in [-0.2, -0.15) is 0 Å². The Morgan fingerprint density at radius 2 is 2.08 bits per heavy atom. The number of aromatic nitrogens is 1. The molecule has 1 fully saturated rings. The number of thiazole rings is 1. The molecule has 1 saturated heterocycles. The van der Waals surface area contributed by atoms with Gasteiger partial charge in [0.15, 0.2) is 0 Å². The highest BCUT2D eigenvalue weighted by atomic mass is 32.1. The summed E-state index contributed by atoms with van der Waals surface area (Å²) in [5.41, 5.74) is 2.14. The van der Waals surface area contributed by atoms with Gasteiger partial charge in [0.2, 0.25) is 0 Å². The Kier molecular flexibility index (Phi) is 5.54. The third kappa shape index (κ3) is 5.13. The summed E-state index contributed by atoms with van der Waals surface area (Å²) >= 11 is 1.62. The van der Waals surface area contributed by atoms with Crippen LogP contribution in [0.15, 0.2) is 35.7 Å². The maximum absolute atomic E-state index is 12.2. The molecular formula is C20H26N2O2S. The molecule has 1 aromatic carbocycles. The van der Waals surface area contributed by atoms with Crippen LogP contribution in [0.2, 0.25) is 0 Å². The average molecular weight is 359 g/mol. The highest BCUT2D eigenvalue weighted by Gasteiger charge is 2.26. The molecule has 1 atom stereocenters. The van der Waals surface area contributed by atoms with Crippen molar-refractivity contribution < 1.29 is 9.53 Å². The normalized spacial score (nSPS) is 18.4. The van der Waals surface area contributed by atoms with Crippen LogP contribution in [0.25, 0.3) is 0 Å². The summed E-state index contributed by atoms with van der Waals surface area (Å²) in [5.74, 6) is -0.169. The summed E-state index contributed by atoms with van der Waals surface area (Å²) in [6.45, 7) is 9.09. The molecule has 1 aromatic heterocycles. The van der Waals surface area contributed by atoms with E-state index in [4.69, 9.17) is 4.74 Å². The highest BCUT2D eigenvalue weighted by Crippen LogP contribution is 2.26. The van der Waals surface area contributed by atoms with Gasteiger partial charge >= 0.3 is 5.97 Å². The van der Waals surface area contributed by atoms with Crippen molar-refractivity contribution in [3.63, 3.8) is 0 Å².